The maximum atomic E-state index is 4.48. The Kier molecular flexibility index (Phi) is 7.45. The van der Waals surface area contributed by atoms with E-state index in [1.807, 2.05) is 55.0 Å². The van der Waals surface area contributed by atoms with Gasteiger partial charge in [-0.25, -0.2) is 0 Å². The van der Waals surface area contributed by atoms with Crippen LogP contribution in [0.4, 0.5) is 0 Å². The van der Waals surface area contributed by atoms with Gasteiger partial charge in [-0.2, -0.15) is 0 Å². The second kappa shape index (κ2) is 10.5. The van der Waals surface area contributed by atoms with Gasteiger partial charge in [0.1, 0.15) is 0 Å². The van der Waals surface area contributed by atoms with Crippen LogP contribution in [-0.4, -0.2) is 44.9 Å². The van der Waals surface area contributed by atoms with E-state index in [1.54, 1.807) is 0 Å². The molecular weight excluding hydrogens is 334 g/mol. The average Bonchev–Trinajstić information content (AvgIpc) is 2.70. The Balaban J connectivity index is 1.52. The van der Waals surface area contributed by atoms with Crippen molar-refractivity contribution >= 4 is 0 Å². The molecule has 0 aromatic carbocycles. The lowest BCUT2D eigenvalue weighted by molar-refractivity contribution is 0.224. The van der Waals surface area contributed by atoms with Crippen LogP contribution < -0.4 is 0 Å². The molecule has 0 aliphatic carbocycles. The monoisotopic (exact) mass is 361 g/mol. The molecule has 0 saturated carbocycles. The molecule has 3 rings (SSSR count). The van der Waals surface area contributed by atoms with Gasteiger partial charge in [0.2, 0.25) is 0 Å². The highest BCUT2D eigenvalue weighted by atomic mass is 15.1. The predicted molar refractivity (Wildman–Crippen MR) is 108 cm³/mol. The Morgan fingerprint density at radius 1 is 0.630 bits per heavy atom. The molecular formula is C22H27N5. The van der Waals surface area contributed by atoms with Gasteiger partial charge in [0.15, 0.2) is 0 Å². The molecule has 27 heavy (non-hydrogen) atoms. The summed E-state index contributed by atoms with van der Waals surface area (Å²) in [6.45, 7) is 4.57. The topological polar surface area (TPSA) is 45.2 Å². The van der Waals surface area contributed by atoms with E-state index in [0.29, 0.717) is 0 Å². The van der Waals surface area contributed by atoms with Crippen molar-refractivity contribution in [2.24, 2.45) is 0 Å². The van der Waals surface area contributed by atoms with Crippen LogP contribution in [0.25, 0.3) is 0 Å². The molecule has 3 heterocycles. The maximum absolute atomic E-state index is 4.48. The zero-order valence-corrected chi connectivity index (χ0v) is 15.9. The van der Waals surface area contributed by atoms with Crippen molar-refractivity contribution in [2.75, 3.05) is 20.1 Å². The number of pyridine rings is 3. The van der Waals surface area contributed by atoms with Crippen LogP contribution in [0.3, 0.4) is 0 Å². The summed E-state index contributed by atoms with van der Waals surface area (Å²) in [6, 6.07) is 18.2. The second-order valence-electron chi connectivity index (χ2n) is 6.77. The van der Waals surface area contributed by atoms with Crippen LogP contribution in [0.5, 0.6) is 0 Å². The Morgan fingerprint density at radius 3 is 1.56 bits per heavy atom. The highest BCUT2D eigenvalue weighted by Gasteiger charge is 2.10. The lowest BCUT2D eigenvalue weighted by atomic mass is 10.2. The van der Waals surface area contributed by atoms with Crippen molar-refractivity contribution in [3.63, 3.8) is 0 Å². The van der Waals surface area contributed by atoms with Gasteiger partial charge >= 0.3 is 0 Å². The van der Waals surface area contributed by atoms with Crippen molar-refractivity contribution in [3.05, 3.63) is 90.3 Å². The van der Waals surface area contributed by atoms with Crippen molar-refractivity contribution in [2.45, 2.75) is 26.1 Å². The fourth-order valence-corrected chi connectivity index (χ4v) is 3.07. The SMILES string of the molecule is CN(CCCN(Cc1ccccn1)Cc1ccccn1)Cc1ccccn1. The van der Waals surface area contributed by atoms with Crippen LogP contribution in [0.2, 0.25) is 0 Å². The third kappa shape index (κ3) is 6.89. The first kappa shape index (κ1) is 19.1. The quantitative estimate of drug-likeness (QED) is 0.554. The van der Waals surface area contributed by atoms with E-state index in [1.165, 1.54) is 0 Å². The summed E-state index contributed by atoms with van der Waals surface area (Å²) in [6.07, 6.45) is 6.65. The Labute approximate surface area is 161 Å². The van der Waals surface area contributed by atoms with Crippen molar-refractivity contribution in [3.8, 4) is 0 Å². The van der Waals surface area contributed by atoms with Gasteiger partial charge in [0.25, 0.3) is 0 Å². The molecule has 0 fully saturated rings. The van der Waals surface area contributed by atoms with Crippen LogP contribution >= 0.6 is 0 Å². The van der Waals surface area contributed by atoms with Crippen molar-refractivity contribution in [1.82, 2.24) is 24.8 Å². The molecule has 0 amide bonds. The minimum atomic E-state index is 0.835. The molecule has 0 spiro atoms. The van der Waals surface area contributed by atoms with E-state index in [2.05, 4.69) is 50.0 Å². The summed E-state index contributed by atoms with van der Waals surface area (Å²) in [5.74, 6) is 0. The van der Waals surface area contributed by atoms with Gasteiger partial charge in [-0.3, -0.25) is 19.9 Å². The number of rotatable bonds is 10. The zero-order chi connectivity index (χ0) is 18.7. The van der Waals surface area contributed by atoms with E-state index in [-0.39, 0.29) is 0 Å². The molecule has 0 bridgehead atoms. The average molecular weight is 361 g/mol. The molecule has 3 aromatic rings. The Bertz CT molecular complexity index is 723. The molecule has 0 radical (unpaired) electrons. The number of hydrogen-bond acceptors (Lipinski definition) is 5. The Hall–Kier alpha value is -2.63. The summed E-state index contributed by atoms with van der Waals surface area (Å²) in [7, 11) is 2.15. The maximum Gasteiger partial charge on any atom is 0.0544 e. The van der Waals surface area contributed by atoms with Crippen LogP contribution in [0.1, 0.15) is 23.5 Å². The summed E-state index contributed by atoms with van der Waals surface area (Å²) < 4.78 is 0. The third-order valence-electron chi connectivity index (χ3n) is 4.40. The van der Waals surface area contributed by atoms with Gasteiger partial charge in [-0.1, -0.05) is 18.2 Å². The molecule has 5 nitrogen and oxygen atoms in total. The zero-order valence-electron chi connectivity index (χ0n) is 15.9. The van der Waals surface area contributed by atoms with E-state index < -0.39 is 0 Å². The molecule has 140 valence electrons. The minimum Gasteiger partial charge on any atom is -0.300 e. The third-order valence-corrected chi connectivity index (χ3v) is 4.40. The van der Waals surface area contributed by atoms with Gasteiger partial charge in [-0.15, -0.1) is 0 Å². The Morgan fingerprint density at radius 2 is 1.11 bits per heavy atom. The molecule has 5 heteroatoms. The summed E-state index contributed by atoms with van der Waals surface area (Å²) >= 11 is 0. The normalized spacial score (nSPS) is 11.2. The lowest BCUT2D eigenvalue weighted by Gasteiger charge is -2.23. The molecule has 0 aliphatic rings. The highest BCUT2D eigenvalue weighted by Crippen LogP contribution is 2.08. The first-order chi connectivity index (χ1) is 13.3. The molecule has 0 aliphatic heterocycles. The molecule has 0 saturated heterocycles. The highest BCUT2D eigenvalue weighted by molar-refractivity contribution is 5.06. The minimum absolute atomic E-state index is 0.835. The number of nitrogens with zero attached hydrogens (tertiary/aromatic N) is 5. The van der Waals surface area contributed by atoms with E-state index in [0.717, 1.165) is 56.2 Å². The van der Waals surface area contributed by atoms with E-state index in [4.69, 9.17) is 0 Å². The summed E-state index contributed by atoms with van der Waals surface area (Å²) in [5, 5.41) is 0. The largest absolute Gasteiger partial charge is 0.300 e. The molecule has 0 N–H and O–H groups in total. The van der Waals surface area contributed by atoms with Gasteiger partial charge in [-0.05, 0) is 56.4 Å². The number of hydrogen-bond donors (Lipinski definition) is 0. The summed E-state index contributed by atoms with van der Waals surface area (Å²) in [5.41, 5.74) is 3.30. The van der Waals surface area contributed by atoms with Crippen LogP contribution in [-0.2, 0) is 19.6 Å². The molecule has 0 unspecified atom stereocenters. The van der Waals surface area contributed by atoms with Gasteiger partial charge < -0.3 is 4.90 Å². The molecule has 0 atom stereocenters. The standard InChI is InChI=1S/C22H27N5/c1-26(17-20-9-2-5-12-23-20)15-8-16-27(18-21-10-3-6-13-24-21)19-22-11-4-7-14-25-22/h2-7,9-14H,8,15-19H2,1H3. The summed E-state index contributed by atoms with van der Waals surface area (Å²) in [4.78, 5) is 18.1. The smallest absolute Gasteiger partial charge is 0.0544 e. The van der Waals surface area contributed by atoms with E-state index in [9.17, 15) is 0 Å². The van der Waals surface area contributed by atoms with Crippen LogP contribution in [0, 0.1) is 0 Å². The van der Waals surface area contributed by atoms with Gasteiger partial charge in [0, 0.05) is 44.8 Å². The van der Waals surface area contributed by atoms with Crippen LogP contribution in [0.15, 0.2) is 73.2 Å². The van der Waals surface area contributed by atoms with Crippen molar-refractivity contribution in [1.29, 1.82) is 0 Å². The fraction of sp³-hybridized carbons (Fsp3) is 0.318. The second-order valence-corrected chi connectivity index (χ2v) is 6.77. The predicted octanol–water partition coefficient (Wildman–Crippen LogP) is 3.40. The first-order valence-electron chi connectivity index (χ1n) is 9.40. The van der Waals surface area contributed by atoms with Crippen molar-refractivity contribution < 1.29 is 0 Å². The first-order valence-corrected chi connectivity index (χ1v) is 9.40. The number of aromatic nitrogens is 3. The van der Waals surface area contributed by atoms with E-state index >= 15 is 0 Å². The fourth-order valence-electron chi connectivity index (χ4n) is 3.07. The lowest BCUT2D eigenvalue weighted by Crippen LogP contribution is -2.28. The van der Waals surface area contributed by atoms with Gasteiger partial charge in [0.05, 0.1) is 17.1 Å². The molecule has 3 aromatic heterocycles.